The van der Waals surface area contributed by atoms with Crippen LogP contribution in [0.2, 0.25) is 10.0 Å². The summed E-state index contributed by atoms with van der Waals surface area (Å²) in [7, 11) is 0. The van der Waals surface area contributed by atoms with Crippen molar-refractivity contribution in [3.8, 4) is 11.5 Å². The third kappa shape index (κ3) is 3.11. The van der Waals surface area contributed by atoms with E-state index in [-0.39, 0.29) is 17.1 Å². The number of para-hydroxylation sites is 1. The summed E-state index contributed by atoms with van der Waals surface area (Å²) in [4.78, 5) is 10.5. The average Bonchev–Trinajstić information content (AvgIpc) is 2.36. The molecule has 0 spiro atoms. The summed E-state index contributed by atoms with van der Waals surface area (Å²) in [5.41, 5.74) is 2.12. The van der Waals surface area contributed by atoms with Crippen LogP contribution in [0.15, 0.2) is 36.4 Å². The van der Waals surface area contributed by atoms with Gasteiger partial charge in [0.15, 0.2) is 0 Å². The van der Waals surface area contributed by atoms with Crippen LogP contribution in [0.25, 0.3) is 0 Å². The number of nitrogens with zero attached hydrogens (tertiary/aromatic N) is 1. The van der Waals surface area contributed by atoms with Crippen LogP contribution in [-0.2, 0) is 0 Å². The Balaban J connectivity index is 2.45. The number of rotatable bonds is 4. The lowest BCUT2D eigenvalue weighted by Gasteiger charge is -2.09. The molecule has 0 unspecified atom stereocenters. The van der Waals surface area contributed by atoms with Crippen LogP contribution in [0.1, 0.15) is 0 Å². The molecule has 0 aliphatic heterocycles. The zero-order valence-electron chi connectivity index (χ0n) is 9.97. The fourth-order valence-electron chi connectivity index (χ4n) is 1.62. The second kappa shape index (κ2) is 5.96. The van der Waals surface area contributed by atoms with Gasteiger partial charge in [-0.25, -0.2) is 0 Å². The number of hydrogen-bond acceptors (Lipinski definition) is 5. The first-order valence-corrected chi connectivity index (χ1v) is 6.15. The molecule has 0 fully saturated rings. The highest BCUT2D eigenvalue weighted by atomic mass is 35.5. The molecule has 0 atom stereocenters. The van der Waals surface area contributed by atoms with Gasteiger partial charge in [0.1, 0.15) is 11.4 Å². The maximum absolute atomic E-state index is 11.1. The number of nitro benzene ring substituents is 1. The smallest absolute Gasteiger partial charge is 0.335 e. The Morgan fingerprint density at radius 1 is 1.20 bits per heavy atom. The molecule has 2 aromatic carbocycles. The van der Waals surface area contributed by atoms with E-state index in [1.807, 2.05) is 0 Å². The Hall–Kier alpha value is -2.02. The second-order valence-corrected chi connectivity index (χ2v) is 4.63. The lowest BCUT2D eigenvalue weighted by atomic mass is 10.2. The molecule has 2 aromatic rings. The number of nitrogens with one attached hydrogen (secondary N) is 1. The fourth-order valence-corrected chi connectivity index (χ4v) is 2.13. The summed E-state index contributed by atoms with van der Waals surface area (Å²) in [5, 5.41) is 11.8. The molecule has 0 bridgehead atoms. The summed E-state index contributed by atoms with van der Waals surface area (Å²) in [6.07, 6.45) is 0. The van der Waals surface area contributed by atoms with Crippen molar-refractivity contribution in [2.75, 3.05) is 5.43 Å². The number of benzene rings is 2. The maximum atomic E-state index is 11.1. The van der Waals surface area contributed by atoms with Crippen molar-refractivity contribution in [1.29, 1.82) is 0 Å². The van der Waals surface area contributed by atoms with Gasteiger partial charge in [0.2, 0.25) is 5.75 Å². The van der Waals surface area contributed by atoms with Crippen LogP contribution in [0, 0.1) is 10.1 Å². The molecule has 20 heavy (non-hydrogen) atoms. The molecule has 0 aliphatic carbocycles. The predicted octanol–water partition coefficient (Wildman–Crippen LogP) is 3.98. The van der Waals surface area contributed by atoms with E-state index in [1.54, 1.807) is 6.07 Å². The van der Waals surface area contributed by atoms with Crippen molar-refractivity contribution in [2.45, 2.75) is 0 Å². The zero-order valence-corrected chi connectivity index (χ0v) is 11.5. The van der Waals surface area contributed by atoms with Crippen LogP contribution in [0.3, 0.4) is 0 Å². The summed E-state index contributed by atoms with van der Waals surface area (Å²) in [6.45, 7) is 0. The van der Waals surface area contributed by atoms with Gasteiger partial charge in [-0.1, -0.05) is 29.3 Å². The highest BCUT2D eigenvalue weighted by Gasteiger charge is 2.21. The maximum Gasteiger partial charge on any atom is 0.335 e. The Morgan fingerprint density at radius 2 is 1.85 bits per heavy atom. The predicted molar refractivity (Wildman–Crippen MR) is 77.4 cm³/mol. The van der Waals surface area contributed by atoms with Gasteiger partial charge >= 0.3 is 5.69 Å². The molecule has 104 valence electrons. The molecule has 8 heteroatoms. The van der Waals surface area contributed by atoms with E-state index in [0.29, 0.717) is 15.8 Å². The van der Waals surface area contributed by atoms with Crippen molar-refractivity contribution < 1.29 is 9.66 Å². The lowest BCUT2D eigenvalue weighted by molar-refractivity contribution is -0.384. The summed E-state index contributed by atoms with van der Waals surface area (Å²) in [5.74, 6) is 5.57. The molecule has 0 aliphatic rings. The van der Waals surface area contributed by atoms with E-state index in [2.05, 4.69) is 5.43 Å². The lowest BCUT2D eigenvalue weighted by Crippen LogP contribution is -2.09. The van der Waals surface area contributed by atoms with Gasteiger partial charge in [0.25, 0.3) is 0 Å². The van der Waals surface area contributed by atoms with E-state index in [9.17, 15) is 10.1 Å². The Bertz CT molecular complexity index is 644. The number of ether oxygens (including phenoxy) is 1. The second-order valence-electron chi connectivity index (χ2n) is 3.76. The first-order chi connectivity index (χ1) is 9.51. The van der Waals surface area contributed by atoms with Crippen molar-refractivity contribution >= 4 is 34.6 Å². The molecule has 3 N–H and O–H groups in total. The molecular formula is C12H9Cl2N3O3. The molecule has 0 radical (unpaired) electrons. The Morgan fingerprint density at radius 3 is 2.40 bits per heavy atom. The molecular weight excluding hydrogens is 305 g/mol. The van der Waals surface area contributed by atoms with Crippen LogP contribution in [0.4, 0.5) is 11.4 Å². The van der Waals surface area contributed by atoms with Crippen molar-refractivity contribution in [3.05, 3.63) is 56.6 Å². The Kier molecular flexibility index (Phi) is 4.29. The third-order valence-corrected chi connectivity index (χ3v) is 2.84. The van der Waals surface area contributed by atoms with E-state index in [1.165, 1.54) is 30.3 Å². The number of anilines is 1. The SMILES string of the molecule is NNc1cccc(Oc2cc(Cl)cc(Cl)c2)c1[N+](=O)[O-]. The molecule has 0 aromatic heterocycles. The highest BCUT2D eigenvalue weighted by molar-refractivity contribution is 6.34. The van der Waals surface area contributed by atoms with E-state index in [0.717, 1.165) is 0 Å². The summed E-state index contributed by atoms with van der Waals surface area (Å²) < 4.78 is 5.47. The van der Waals surface area contributed by atoms with Gasteiger partial charge in [-0.2, -0.15) is 0 Å². The standard InChI is InChI=1S/C12H9Cl2N3O3/c13-7-4-8(14)6-9(5-7)20-11-3-1-2-10(16-15)12(11)17(18)19/h1-6,16H,15H2. The van der Waals surface area contributed by atoms with Gasteiger partial charge in [0, 0.05) is 10.0 Å². The van der Waals surface area contributed by atoms with Crippen molar-refractivity contribution in [2.24, 2.45) is 5.84 Å². The van der Waals surface area contributed by atoms with Gasteiger partial charge in [-0.05, 0) is 30.3 Å². The molecule has 0 heterocycles. The minimum atomic E-state index is -0.587. The number of hydrazine groups is 1. The van der Waals surface area contributed by atoms with Gasteiger partial charge in [0.05, 0.1) is 4.92 Å². The van der Waals surface area contributed by atoms with Crippen LogP contribution < -0.4 is 16.0 Å². The molecule has 2 rings (SSSR count). The molecule has 6 nitrogen and oxygen atoms in total. The van der Waals surface area contributed by atoms with Crippen LogP contribution in [0.5, 0.6) is 11.5 Å². The topological polar surface area (TPSA) is 90.4 Å². The van der Waals surface area contributed by atoms with Gasteiger partial charge in [-0.15, -0.1) is 0 Å². The molecule has 0 saturated carbocycles. The monoisotopic (exact) mass is 313 g/mol. The van der Waals surface area contributed by atoms with Crippen molar-refractivity contribution in [3.63, 3.8) is 0 Å². The Labute approximate surface area is 124 Å². The van der Waals surface area contributed by atoms with Crippen molar-refractivity contribution in [1.82, 2.24) is 0 Å². The van der Waals surface area contributed by atoms with Crippen LogP contribution in [-0.4, -0.2) is 4.92 Å². The third-order valence-electron chi connectivity index (χ3n) is 2.40. The number of halogens is 2. The van der Waals surface area contributed by atoms with Crippen LogP contribution >= 0.6 is 23.2 Å². The van der Waals surface area contributed by atoms with Gasteiger partial charge in [-0.3, -0.25) is 16.0 Å². The number of nitrogen functional groups attached to an aromatic ring is 1. The highest BCUT2D eigenvalue weighted by Crippen LogP contribution is 2.38. The number of hydrogen-bond donors (Lipinski definition) is 2. The normalized spacial score (nSPS) is 10.2. The van der Waals surface area contributed by atoms with E-state index < -0.39 is 4.92 Å². The fraction of sp³-hybridized carbons (Fsp3) is 0. The first kappa shape index (κ1) is 14.4. The van der Waals surface area contributed by atoms with E-state index >= 15 is 0 Å². The number of nitrogens with two attached hydrogens (primary N) is 1. The van der Waals surface area contributed by atoms with Gasteiger partial charge < -0.3 is 10.2 Å². The number of nitro groups is 1. The largest absolute Gasteiger partial charge is 0.450 e. The minimum absolute atomic E-state index is 0.0313. The minimum Gasteiger partial charge on any atom is -0.450 e. The quantitative estimate of drug-likeness (QED) is 0.506. The molecule has 0 saturated heterocycles. The first-order valence-electron chi connectivity index (χ1n) is 5.39. The summed E-state index contributed by atoms with van der Waals surface area (Å²) >= 11 is 11.7. The molecule has 0 amide bonds. The van der Waals surface area contributed by atoms with E-state index in [4.69, 9.17) is 33.8 Å². The zero-order chi connectivity index (χ0) is 14.7. The summed E-state index contributed by atoms with van der Waals surface area (Å²) in [6, 6.07) is 9.02. The average molecular weight is 314 g/mol.